The van der Waals surface area contributed by atoms with Crippen LogP contribution in [0.4, 0.5) is 11.6 Å². The van der Waals surface area contributed by atoms with Crippen LogP contribution in [0.1, 0.15) is 23.7 Å². The van der Waals surface area contributed by atoms with E-state index in [4.69, 9.17) is 23.8 Å². The molecule has 10 nitrogen and oxygen atoms in total. The van der Waals surface area contributed by atoms with Gasteiger partial charge in [-0.15, -0.1) is 5.10 Å². The third-order valence-electron chi connectivity index (χ3n) is 2.73. The van der Waals surface area contributed by atoms with Gasteiger partial charge in [0.05, 0.1) is 22.1 Å². The molecule has 12 heteroatoms. The molecule has 24 heavy (non-hydrogen) atoms. The molecule has 0 aliphatic heterocycles. The highest BCUT2D eigenvalue weighted by Gasteiger charge is 2.17. The molecule has 1 heterocycles. The van der Waals surface area contributed by atoms with E-state index in [9.17, 15) is 14.9 Å². The monoisotopic (exact) mass is 369 g/mol. The largest absolute Gasteiger partial charge is 0.299 e. The van der Waals surface area contributed by atoms with Crippen LogP contribution in [-0.4, -0.2) is 36.2 Å². The Balaban J connectivity index is 2.04. The minimum absolute atomic E-state index is 0.0629. The number of aryl methyl sites for hydroxylation is 1. The second-order valence-corrected chi connectivity index (χ2v) is 5.35. The van der Waals surface area contributed by atoms with Crippen molar-refractivity contribution in [1.82, 2.24) is 25.5 Å². The fraction of sp³-hybridized carbons (Fsp3) is 0.250. The maximum absolute atomic E-state index is 12.1. The Morgan fingerprint density at radius 1 is 1.50 bits per heavy atom. The Kier molecular flexibility index (Phi) is 5.71. The van der Waals surface area contributed by atoms with Crippen molar-refractivity contribution in [2.24, 2.45) is 0 Å². The molecule has 1 aromatic carbocycles. The van der Waals surface area contributed by atoms with Gasteiger partial charge in [0.25, 0.3) is 17.5 Å². The van der Waals surface area contributed by atoms with Crippen LogP contribution in [-0.2, 0) is 6.54 Å². The van der Waals surface area contributed by atoms with Crippen LogP contribution in [0, 0.1) is 10.1 Å². The van der Waals surface area contributed by atoms with Crippen molar-refractivity contribution in [2.75, 3.05) is 5.32 Å². The van der Waals surface area contributed by atoms with Gasteiger partial charge in [-0.2, -0.15) is 4.80 Å². The summed E-state index contributed by atoms with van der Waals surface area (Å²) in [6, 6.07) is 3.53. The normalized spacial score (nSPS) is 10.2. The number of aromatic nitrogens is 4. The molecule has 0 aliphatic carbocycles. The molecule has 1 aromatic heterocycles. The van der Waals surface area contributed by atoms with Crippen LogP contribution >= 0.6 is 23.8 Å². The first kappa shape index (κ1) is 17.7. The molecule has 2 N–H and O–H groups in total. The lowest BCUT2D eigenvalue weighted by atomic mass is 10.2. The standard InChI is InChI=1S/C12H12ClN7O3S/c1-2-5-19-17-11(16-18-19)15-12(24)14-10(21)8-6-7(20(22)23)3-4-9(8)13/h3-4,6H,2,5H2,1H3,(H2,14,15,17,21,24). The highest BCUT2D eigenvalue weighted by atomic mass is 35.5. The minimum Gasteiger partial charge on any atom is -0.299 e. The summed E-state index contributed by atoms with van der Waals surface area (Å²) < 4.78 is 0. The van der Waals surface area contributed by atoms with Crippen LogP contribution in [0.3, 0.4) is 0 Å². The fourth-order valence-electron chi connectivity index (χ4n) is 1.69. The lowest BCUT2D eigenvalue weighted by Gasteiger charge is -2.07. The quantitative estimate of drug-likeness (QED) is 0.463. The minimum atomic E-state index is -0.692. The van der Waals surface area contributed by atoms with E-state index in [0.717, 1.165) is 12.5 Å². The summed E-state index contributed by atoms with van der Waals surface area (Å²) in [5, 5.41) is 27.2. The molecule has 126 valence electrons. The number of rotatable bonds is 5. The third kappa shape index (κ3) is 4.43. The predicted molar refractivity (Wildman–Crippen MR) is 89.9 cm³/mol. The molecular weight excluding hydrogens is 358 g/mol. The van der Waals surface area contributed by atoms with Crippen molar-refractivity contribution in [3.8, 4) is 0 Å². The molecule has 0 unspecified atom stereocenters. The Morgan fingerprint density at radius 2 is 2.25 bits per heavy atom. The number of thiocarbonyl (C=S) groups is 1. The van der Waals surface area contributed by atoms with Gasteiger partial charge in [-0.05, 0) is 29.9 Å². The Hall–Kier alpha value is -2.66. The van der Waals surface area contributed by atoms with Gasteiger partial charge in [0.1, 0.15) is 0 Å². The molecule has 0 bridgehead atoms. The van der Waals surface area contributed by atoms with E-state index in [1.165, 1.54) is 16.9 Å². The summed E-state index contributed by atoms with van der Waals surface area (Å²) in [5.74, 6) is -0.568. The van der Waals surface area contributed by atoms with Gasteiger partial charge in [-0.1, -0.05) is 23.6 Å². The van der Waals surface area contributed by atoms with Gasteiger partial charge in [0, 0.05) is 12.1 Å². The first-order valence-corrected chi connectivity index (χ1v) is 7.53. The van der Waals surface area contributed by atoms with E-state index in [1.54, 1.807) is 0 Å². The SMILES string of the molecule is CCCn1nnc(NC(=S)NC(=O)c2cc([N+](=O)[O-])ccc2Cl)n1. The maximum atomic E-state index is 12.1. The summed E-state index contributed by atoms with van der Waals surface area (Å²) in [6.07, 6.45) is 0.836. The number of nitro groups is 1. The summed E-state index contributed by atoms with van der Waals surface area (Å²) in [5.41, 5.74) is -0.329. The molecule has 0 fully saturated rings. The third-order valence-corrected chi connectivity index (χ3v) is 3.27. The van der Waals surface area contributed by atoms with E-state index in [1.807, 2.05) is 6.92 Å². The number of amides is 1. The molecule has 0 spiro atoms. The number of nitrogens with one attached hydrogen (secondary N) is 2. The zero-order valence-corrected chi connectivity index (χ0v) is 14.0. The Bertz CT molecular complexity index is 795. The van der Waals surface area contributed by atoms with Gasteiger partial charge in [-0.25, -0.2) is 0 Å². The van der Waals surface area contributed by atoms with Crippen molar-refractivity contribution in [1.29, 1.82) is 0 Å². The number of anilines is 1. The van der Waals surface area contributed by atoms with Crippen molar-refractivity contribution in [3.05, 3.63) is 38.9 Å². The number of non-ortho nitro benzene ring substituents is 1. The summed E-state index contributed by atoms with van der Waals surface area (Å²) in [6.45, 7) is 2.56. The number of hydrogen-bond donors (Lipinski definition) is 2. The molecule has 2 aromatic rings. The van der Waals surface area contributed by atoms with Crippen LogP contribution < -0.4 is 10.6 Å². The molecular formula is C12H12ClN7O3S. The van der Waals surface area contributed by atoms with Gasteiger partial charge in [0.15, 0.2) is 5.11 Å². The average molecular weight is 370 g/mol. The molecule has 0 aliphatic rings. The van der Waals surface area contributed by atoms with E-state index < -0.39 is 10.8 Å². The van der Waals surface area contributed by atoms with E-state index in [0.29, 0.717) is 6.54 Å². The number of carbonyl (C=O) groups is 1. The van der Waals surface area contributed by atoms with Crippen molar-refractivity contribution in [3.63, 3.8) is 0 Å². The molecule has 0 saturated carbocycles. The molecule has 1 amide bonds. The Morgan fingerprint density at radius 3 is 2.92 bits per heavy atom. The number of nitrogens with zero attached hydrogens (tertiary/aromatic N) is 5. The van der Waals surface area contributed by atoms with E-state index in [2.05, 4.69) is 26.0 Å². The second-order valence-electron chi connectivity index (χ2n) is 4.54. The van der Waals surface area contributed by atoms with Crippen LogP contribution in [0.2, 0.25) is 5.02 Å². The summed E-state index contributed by atoms with van der Waals surface area (Å²) in [7, 11) is 0. The number of benzene rings is 1. The van der Waals surface area contributed by atoms with Gasteiger partial charge < -0.3 is 0 Å². The zero-order chi connectivity index (χ0) is 17.7. The number of tetrazole rings is 1. The highest BCUT2D eigenvalue weighted by molar-refractivity contribution is 7.80. The molecule has 0 atom stereocenters. The van der Waals surface area contributed by atoms with Gasteiger partial charge in [0.2, 0.25) is 0 Å². The molecule has 2 rings (SSSR count). The zero-order valence-electron chi connectivity index (χ0n) is 12.4. The number of nitro benzene ring substituents is 1. The van der Waals surface area contributed by atoms with Crippen LogP contribution in [0.15, 0.2) is 18.2 Å². The number of halogens is 1. The predicted octanol–water partition coefficient (Wildman–Crippen LogP) is 1.77. The first-order valence-electron chi connectivity index (χ1n) is 6.74. The maximum Gasteiger partial charge on any atom is 0.270 e. The average Bonchev–Trinajstić information content (AvgIpc) is 2.94. The van der Waals surface area contributed by atoms with E-state index in [-0.39, 0.29) is 27.3 Å². The first-order chi connectivity index (χ1) is 11.4. The Labute approximate surface area is 146 Å². The summed E-state index contributed by atoms with van der Waals surface area (Å²) in [4.78, 5) is 23.7. The fourth-order valence-corrected chi connectivity index (χ4v) is 2.08. The smallest absolute Gasteiger partial charge is 0.270 e. The number of hydrogen-bond acceptors (Lipinski definition) is 7. The van der Waals surface area contributed by atoms with Gasteiger partial charge >= 0.3 is 0 Å². The topological polar surface area (TPSA) is 128 Å². The summed E-state index contributed by atoms with van der Waals surface area (Å²) >= 11 is 10.9. The van der Waals surface area contributed by atoms with Crippen molar-refractivity contribution < 1.29 is 9.72 Å². The highest BCUT2D eigenvalue weighted by Crippen LogP contribution is 2.21. The van der Waals surface area contributed by atoms with Crippen molar-refractivity contribution >= 4 is 46.5 Å². The van der Waals surface area contributed by atoms with Crippen LogP contribution in [0.25, 0.3) is 0 Å². The van der Waals surface area contributed by atoms with Crippen LogP contribution in [0.5, 0.6) is 0 Å². The number of carbonyl (C=O) groups excluding carboxylic acids is 1. The molecule has 0 saturated heterocycles. The lowest BCUT2D eigenvalue weighted by Crippen LogP contribution is -2.34. The van der Waals surface area contributed by atoms with Gasteiger partial charge in [-0.3, -0.25) is 25.5 Å². The van der Waals surface area contributed by atoms with Crippen molar-refractivity contribution in [2.45, 2.75) is 19.9 Å². The molecule has 0 radical (unpaired) electrons. The van der Waals surface area contributed by atoms with E-state index >= 15 is 0 Å². The second kappa shape index (κ2) is 7.75. The lowest BCUT2D eigenvalue weighted by molar-refractivity contribution is -0.384.